The van der Waals surface area contributed by atoms with Gasteiger partial charge in [-0.15, -0.1) is 11.8 Å². The van der Waals surface area contributed by atoms with E-state index in [4.69, 9.17) is 5.11 Å². The Morgan fingerprint density at radius 3 is 2.17 bits per heavy atom. The van der Waals surface area contributed by atoms with Crippen LogP contribution in [0.25, 0.3) is 0 Å². The van der Waals surface area contributed by atoms with Gasteiger partial charge in [-0.1, -0.05) is 0 Å². The van der Waals surface area contributed by atoms with Crippen LogP contribution in [0.1, 0.15) is 51.9 Å². The molecule has 0 aliphatic heterocycles. The van der Waals surface area contributed by atoms with Gasteiger partial charge in [0.2, 0.25) is 0 Å². The van der Waals surface area contributed by atoms with E-state index < -0.39 is 5.97 Å². The van der Waals surface area contributed by atoms with Gasteiger partial charge in [0.05, 0.1) is 5.25 Å². The van der Waals surface area contributed by atoms with Crippen molar-refractivity contribution in [3.8, 4) is 0 Å². The number of carbonyl (C=O) groups is 1. The van der Waals surface area contributed by atoms with E-state index in [0.717, 1.165) is 23.5 Å². The molecule has 0 saturated heterocycles. The summed E-state index contributed by atoms with van der Waals surface area (Å²) in [5.41, 5.74) is 0.611. The minimum Gasteiger partial charge on any atom is -0.480 e. The van der Waals surface area contributed by atoms with E-state index in [1.807, 2.05) is 6.92 Å². The molecule has 4 saturated carbocycles. The number of thioether (sulfide) groups is 1. The highest BCUT2D eigenvalue weighted by molar-refractivity contribution is 8.00. The molecular formula is C15H24O2S. The molecule has 0 aromatic carbocycles. The summed E-state index contributed by atoms with van der Waals surface area (Å²) in [5.74, 6) is 3.42. The number of hydrogen-bond donors (Lipinski definition) is 1. The fraction of sp³-hybridized carbons (Fsp3) is 0.933. The van der Waals surface area contributed by atoms with Gasteiger partial charge in [-0.2, -0.15) is 0 Å². The fourth-order valence-corrected chi connectivity index (χ4v) is 6.17. The van der Waals surface area contributed by atoms with Gasteiger partial charge in [0.1, 0.15) is 0 Å². The zero-order valence-corrected chi connectivity index (χ0v) is 12.0. The quantitative estimate of drug-likeness (QED) is 0.824. The summed E-state index contributed by atoms with van der Waals surface area (Å²) in [7, 11) is 0. The monoisotopic (exact) mass is 268 g/mol. The first kappa shape index (κ1) is 12.8. The van der Waals surface area contributed by atoms with E-state index in [1.165, 1.54) is 44.9 Å². The van der Waals surface area contributed by atoms with Crippen molar-refractivity contribution in [2.75, 3.05) is 5.75 Å². The van der Waals surface area contributed by atoms with Crippen LogP contribution in [-0.4, -0.2) is 22.1 Å². The van der Waals surface area contributed by atoms with Crippen molar-refractivity contribution >= 4 is 17.7 Å². The molecule has 3 heteroatoms. The molecule has 0 aromatic heterocycles. The van der Waals surface area contributed by atoms with Crippen LogP contribution in [0.4, 0.5) is 0 Å². The normalized spacial score (nSPS) is 43.1. The second-order valence-electron chi connectivity index (χ2n) is 7.02. The Bertz CT molecular complexity index is 304. The summed E-state index contributed by atoms with van der Waals surface area (Å²) in [4.78, 5) is 10.8. The van der Waals surface area contributed by atoms with Crippen molar-refractivity contribution < 1.29 is 9.90 Å². The Balaban J connectivity index is 1.54. The molecule has 102 valence electrons. The van der Waals surface area contributed by atoms with E-state index in [9.17, 15) is 4.79 Å². The molecule has 4 aliphatic carbocycles. The van der Waals surface area contributed by atoms with Gasteiger partial charge in [0.15, 0.2) is 0 Å². The van der Waals surface area contributed by atoms with Gasteiger partial charge in [-0.3, -0.25) is 4.79 Å². The highest BCUT2D eigenvalue weighted by Crippen LogP contribution is 2.61. The molecule has 18 heavy (non-hydrogen) atoms. The predicted octanol–water partition coefficient (Wildman–Crippen LogP) is 3.80. The molecule has 2 nitrogen and oxygen atoms in total. The molecule has 4 rings (SSSR count). The largest absolute Gasteiger partial charge is 0.480 e. The van der Waals surface area contributed by atoms with Gasteiger partial charge in [0.25, 0.3) is 0 Å². The highest BCUT2D eigenvalue weighted by atomic mass is 32.2. The maximum Gasteiger partial charge on any atom is 0.316 e. The highest BCUT2D eigenvalue weighted by Gasteiger charge is 2.50. The van der Waals surface area contributed by atoms with Crippen LogP contribution in [0.5, 0.6) is 0 Å². The van der Waals surface area contributed by atoms with E-state index in [2.05, 4.69) is 0 Å². The molecular weight excluding hydrogens is 244 g/mol. The lowest BCUT2D eigenvalue weighted by molar-refractivity contribution is -0.136. The van der Waals surface area contributed by atoms with Gasteiger partial charge < -0.3 is 5.11 Å². The third-order valence-corrected chi connectivity index (χ3v) is 6.65. The van der Waals surface area contributed by atoms with Crippen molar-refractivity contribution in [3.63, 3.8) is 0 Å². The molecule has 4 bridgehead atoms. The number of rotatable bonds is 5. The maximum absolute atomic E-state index is 10.8. The molecule has 4 fully saturated rings. The number of carboxylic acid groups (broad SMARTS) is 1. The minimum atomic E-state index is -0.662. The molecule has 0 radical (unpaired) electrons. The minimum absolute atomic E-state index is 0.237. The van der Waals surface area contributed by atoms with Crippen LogP contribution in [0.15, 0.2) is 0 Å². The average Bonchev–Trinajstić information content (AvgIpc) is 2.26. The summed E-state index contributed by atoms with van der Waals surface area (Å²) in [6.45, 7) is 1.81. The fourth-order valence-electron chi connectivity index (χ4n) is 5.12. The van der Waals surface area contributed by atoms with Gasteiger partial charge in [-0.05, 0) is 80.8 Å². The number of aliphatic carboxylic acids is 1. The SMILES string of the molecule is CC(SCCC12CC3CC(CC(C3)C1)C2)C(=O)O. The van der Waals surface area contributed by atoms with E-state index in [0.29, 0.717) is 5.41 Å². The van der Waals surface area contributed by atoms with E-state index in [1.54, 1.807) is 11.8 Å². The Morgan fingerprint density at radius 1 is 1.22 bits per heavy atom. The molecule has 1 unspecified atom stereocenters. The number of hydrogen-bond acceptors (Lipinski definition) is 2. The van der Waals surface area contributed by atoms with E-state index >= 15 is 0 Å². The Kier molecular flexibility index (Phi) is 3.38. The average molecular weight is 268 g/mol. The van der Waals surface area contributed by atoms with Crippen LogP contribution in [0.3, 0.4) is 0 Å². The summed E-state index contributed by atoms with van der Waals surface area (Å²) in [6, 6.07) is 0. The standard InChI is InChI=1S/C15H24O2S/c1-10(14(16)17)18-3-2-15-7-11-4-12(8-15)6-13(5-11)9-15/h10-13H,2-9H2,1H3,(H,16,17). The zero-order valence-electron chi connectivity index (χ0n) is 11.2. The van der Waals surface area contributed by atoms with E-state index in [-0.39, 0.29) is 5.25 Å². The molecule has 1 N–H and O–H groups in total. The van der Waals surface area contributed by atoms with Crippen molar-refractivity contribution in [1.82, 2.24) is 0 Å². The second-order valence-corrected chi connectivity index (χ2v) is 8.47. The van der Waals surface area contributed by atoms with Crippen molar-refractivity contribution in [3.05, 3.63) is 0 Å². The van der Waals surface area contributed by atoms with Gasteiger partial charge >= 0.3 is 5.97 Å². The first-order valence-electron chi connectivity index (χ1n) is 7.41. The lowest BCUT2D eigenvalue weighted by Gasteiger charge is -2.57. The molecule has 0 amide bonds. The summed E-state index contributed by atoms with van der Waals surface area (Å²) in [6.07, 6.45) is 10.1. The molecule has 0 heterocycles. The first-order valence-corrected chi connectivity index (χ1v) is 8.46. The van der Waals surface area contributed by atoms with Crippen LogP contribution in [0, 0.1) is 23.2 Å². The predicted molar refractivity (Wildman–Crippen MR) is 74.8 cm³/mol. The third kappa shape index (κ3) is 2.43. The van der Waals surface area contributed by atoms with Crippen LogP contribution in [0.2, 0.25) is 0 Å². The Hall–Kier alpha value is -0.180. The van der Waals surface area contributed by atoms with Crippen LogP contribution in [-0.2, 0) is 4.79 Å². The molecule has 0 spiro atoms. The second kappa shape index (κ2) is 4.73. The Labute approximate surface area is 114 Å². The smallest absolute Gasteiger partial charge is 0.316 e. The van der Waals surface area contributed by atoms with Gasteiger partial charge in [-0.25, -0.2) is 0 Å². The van der Waals surface area contributed by atoms with Crippen molar-refractivity contribution in [2.45, 2.75) is 57.1 Å². The molecule has 4 aliphatic rings. The first-order chi connectivity index (χ1) is 8.56. The summed E-state index contributed by atoms with van der Waals surface area (Å²) >= 11 is 1.63. The topological polar surface area (TPSA) is 37.3 Å². The van der Waals surface area contributed by atoms with Crippen LogP contribution < -0.4 is 0 Å². The lowest BCUT2D eigenvalue weighted by atomic mass is 9.49. The third-order valence-electron chi connectivity index (χ3n) is 5.51. The van der Waals surface area contributed by atoms with Crippen LogP contribution >= 0.6 is 11.8 Å². The summed E-state index contributed by atoms with van der Waals surface area (Å²) in [5, 5.41) is 8.68. The molecule has 0 aromatic rings. The zero-order chi connectivity index (χ0) is 12.8. The maximum atomic E-state index is 10.8. The number of carboxylic acids is 1. The lowest BCUT2D eigenvalue weighted by Crippen LogP contribution is -2.46. The van der Waals surface area contributed by atoms with Crippen molar-refractivity contribution in [1.29, 1.82) is 0 Å². The van der Waals surface area contributed by atoms with Crippen molar-refractivity contribution in [2.24, 2.45) is 23.2 Å². The Morgan fingerprint density at radius 2 is 1.72 bits per heavy atom. The summed E-state index contributed by atoms with van der Waals surface area (Å²) < 4.78 is 0. The molecule has 1 atom stereocenters. The van der Waals surface area contributed by atoms with Gasteiger partial charge in [0, 0.05) is 0 Å².